The predicted molar refractivity (Wildman–Crippen MR) is 78.0 cm³/mol. The van der Waals surface area contributed by atoms with E-state index in [2.05, 4.69) is 24.0 Å². The first-order valence-corrected chi connectivity index (χ1v) is 6.90. The van der Waals surface area contributed by atoms with E-state index in [4.69, 9.17) is 5.73 Å². The van der Waals surface area contributed by atoms with Crippen LogP contribution in [0.4, 0.5) is 5.69 Å². The Balaban J connectivity index is 2.33. The minimum absolute atomic E-state index is 0.137. The Morgan fingerprint density at radius 3 is 2.58 bits per heavy atom. The molecule has 1 heterocycles. The number of likely N-dealkylation sites (N-methyl/N-ethyl adjacent to an activating group) is 1. The highest BCUT2D eigenvalue weighted by Crippen LogP contribution is 2.24. The number of nitrogens with zero attached hydrogens (tertiary/aromatic N) is 2. The van der Waals surface area contributed by atoms with Crippen LogP contribution in [0.3, 0.4) is 0 Å². The van der Waals surface area contributed by atoms with Crippen molar-refractivity contribution in [1.29, 1.82) is 0 Å². The van der Waals surface area contributed by atoms with Gasteiger partial charge in [0.1, 0.15) is 6.04 Å². The molecule has 0 radical (unpaired) electrons. The van der Waals surface area contributed by atoms with Crippen molar-refractivity contribution in [2.75, 3.05) is 31.6 Å². The van der Waals surface area contributed by atoms with Crippen molar-refractivity contribution < 1.29 is 4.79 Å². The molecule has 1 saturated heterocycles. The van der Waals surface area contributed by atoms with Gasteiger partial charge in [-0.2, -0.15) is 0 Å². The third kappa shape index (κ3) is 3.07. The fourth-order valence-electron chi connectivity index (χ4n) is 2.81. The number of nitrogens with two attached hydrogens (primary N) is 1. The number of rotatable bonds is 3. The molecule has 0 bridgehead atoms. The van der Waals surface area contributed by atoms with Crippen molar-refractivity contribution in [2.45, 2.75) is 19.4 Å². The van der Waals surface area contributed by atoms with Crippen molar-refractivity contribution >= 4 is 11.6 Å². The summed E-state index contributed by atoms with van der Waals surface area (Å²) in [6.45, 7) is 4.42. The Labute approximate surface area is 115 Å². The number of hydrogen-bond acceptors (Lipinski definition) is 3. The summed E-state index contributed by atoms with van der Waals surface area (Å²) in [6, 6.07) is 10.0. The maximum Gasteiger partial charge on any atom is 0.245 e. The van der Waals surface area contributed by atoms with Crippen LogP contribution in [-0.4, -0.2) is 43.5 Å². The molecule has 1 aliphatic rings. The van der Waals surface area contributed by atoms with Gasteiger partial charge in [0, 0.05) is 25.8 Å². The van der Waals surface area contributed by atoms with Gasteiger partial charge in [-0.15, -0.1) is 0 Å². The minimum Gasteiger partial charge on any atom is -0.359 e. The fourth-order valence-corrected chi connectivity index (χ4v) is 2.81. The van der Waals surface area contributed by atoms with E-state index in [0.29, 0.717) is 18.9 Å². The molecule has 1 fully saturated rings. The topological polar surface area (TPSA) is 49.6 Å². The van der Waals surface area contributed by atoms with Gasteiger partial charge in [0.2, 0.25) is 5.91 Å². The number of para-hydroxylation sites is 1. The summed E-state index contributed by atoms with van der Waals surface area (Å²) in [5, 5.41) is 0. The second-order valence-corrected chi connectivity index (χ2v) is 5.40. The minimum atomic E-state index is -0.137. The highest BCUT2D eigenvalue weighted by atomic mass is 16.2. The van der Waals surface area contributed by atoms with E-state index in [1.54, 1.807) is 0 Å². The van der Waals surface area contributed by atoms with Gasteiger partial charge in [-0.25, -0.2) is 0 Å². The van der Waals surface area contributed by atoms with Gasteiger partial charge in [0.05, 0.1) is 0 Å². The lowest BCUT2D eigenvalue weighted by Crippen LogP contribution is -2.46. The maximum atomic E-state index is 12.5. The highest BCUT2D eigenvalue weighted by molar-refractivity contribution is 5.85. The highest BCUT2D eigenvalue weighted by Gasteiger charge is 2.32. The Kier molecular flexibility index (Phi) is 4.43. The van der Waals surface area contributed by atoms with E-state index in [9.17, 15) is 4.79 Å². The predicted octanol–water partition coefficient (Wildman–Crippen LogP) is 1.32. The molecule has 0 saturated carbocycles. The molecular weight excluding hydrogens is 238 g/mol. The number of benzene rings is 1. The van der Waals surface area contributed by atoms with Gasteiger partial charge in [-0.3, -0.25) is 4.79 Å². The van der Waals surface area contributed by atoms with E-state index < -0.39 is 0 Å². The van der Waals surface area contributed by atoms with Crippen molar-refractivity contribution in [3.8, 4) is 0 Å². The molecule has 2 unspecified atom stereocenters. The second-order valence-electron chi connectivity index (χ2n) is 5.40. The SMILES string of the molecule is CC1CN(C)C(=O)C(CCN)N(c2ccccc2)C1. The normalized spacial score (nSPS) is 24.5. The molecule has 2 rings (SSSR count). The van der Waals surface area contributed by atoms with E-state index >= 15 is 0 Å². The number of anilines is 1. The summed E-state index contributed by atoms with van der Waals surface area (Å²) < 4.78 is 0. The largest absolute Gasteiger partial charge is 0.359 e. The van der Waals surface area contributed by atoms with E-state index in [1.165, 1.54) is 0 Å². The van der Waals surface area contributed by atoms with Crippen LogP contribution in [0.15, 0.2) is 30.3 Å². The first-order valence-electron chi connectivity index (χ1n) is 6.90. The summed E-state index contributed by atoms with van der Waals surface area (Å²) in [5.74, 6) is 0.635. The molecule has 1 amide bonds. The number of carbonyl (C=O) groups excluding carboxylic acids is 1. The molecule has 104 valence electrons. The van der Waals surface area contributed by atoms with Crippen molar-refractivity contribution in [3.05, 3.63) is 30.3 Å². The number of amides is 1. The second kappa shape index (κ2) is 6.06. The summed E-state index contributed by atoms with van der Waals surface area (Å²) in [6.07, 6.45) is 0.699. The summed E-state index contributed by atoms with van der Waals surface area (Å²) >= 11 is 0. The fraction of sp³-hybridized carbons (Fsp3) is 0.533. The maximum absolute atomic E-state index is 12.5. The number of carbonyl (C=O) groups is 1. The smallest absolute Gasteiger partial charge is 0.245 e. The first-order chi connectivity index (χ1) is 9.13. The van der Waals surface area contributed by atoms with Crippen LogP contribution >= 0.6 is 0 Å². The quantitative estimate of drug-likeness (QED) is 0.892. The molecule has 1 aromatic carbocycles. The average Bonchev–Trinajstić information content (AvgIpc) is 2.52. The van der Waals surface area contributed by atoms with Crippen LogP contribution in [0.1, 0.15) is 13.3 Å². The van der Waals surface area contributed by atoms with Gasteiger partial charge in [-0.05, 0) is 31.0 Å². The molecule has 0 aliphatic carbocycles. The molecule has 1 aromatic rings. The third-order valence-electron chi connectivity index (χ3n) is 3.66. The molecule has 0 spiro atoms. The molecule has 4 nitrogen and oxygen atoms in total. The van der Waals surface area contributed by atoms with Crippen LogP contribution in [0.5, 0.6) is 0 Å². The molecule has 1 aliphatic heterocycles. The van der Waals surface area contributed by atoms with E-state index in [-0.39, 0.29) is 11.9 Å². The van der Waals surface area contributed by atoms with Gasteiger partial charge >= 0.3 is 0 Å². The zero-order chi connectivity index (χ0) is 13.8. The standard InChI is InChI=1S/C15H23N3O/c1-12-10-17(2)15(19)14(8-9-16)18(11-12)13-6-4-3-5-7-13/h3-7,12,14H,8-11,16H2,1-2H3. The third-order valence-corrected chi connectivity index (χ3v) is 3.66. The molecule has 2 atom stereocenters. The van der Waals surface area contributed by atoms with Crippen LogP contribution in [0.25, 0.3) is 0 Å². The first kappa shape index (κ1) is 13.9. The lowest BCUT2D eigenvalue weighted by molar-refractivity contribution is -0.131. The van der Waals surface area contributed by atoms with Crippen LogP contribution in [0, 0.1) is 5.92 Å². The van der Waals surface area contributed by atoms with Crippen molar-refractivity contribution in [2.24, 2.45) is 11.7 Å². The van der Waals surface area contributed by atoms with Gasteiger partial charge in [-0.1, -0.05) is 25.1 Å². The lowest BCUT2D eigenvalue weighted by atomic mass is 10.1. The van der Waals surface area contributed by atoms with Gasteiger partial charge in [0.15, 0.2) is 0 Å². The molecule has 4 heteroatoms. The molecule has 19 heavy (non-hydrogen) atoms. The summed E-state index contributed by atoms with van der Waals surface area (Å²) in [7, 11) is 1.89. The molecular formula is C15H23N3O. The van der Waals surface area contributed by atoms with E-state index in [1.807, 2.05) is 30.1 Å². The van der Waals surface area contributed by atoms with Gasteiger partial charge in [0.25, 0.3) is 0 Å². The summed E-state index contributed by atoms with van der Waals surface area (Å²) in [5.41, 5.74) is 6.80. The zero-order valence-corrected chi connectivity index (χ0v) is 11.7. The van der Waals surface area contributed by atoms with Crippen LogP contribution in [0.2, 0.25) is 0 Å². The van der Waals surface area contributed by atoms with Crippen molar-refractivity contribution in [1.82, 2.24) is 4.90 Å². The Bertz CT molecular complexity index is 421. The monoisotopic (exact) mass is 261 g/mol. The Morgan fingerprint density at radius 2 is 1.95 bits per heavy atom. The Morgan fingerprint density at radius 1 is 1.26 bits per heavy atom. The molecule has 0 aromatic heterocycles. The van der Waals surface area contributed by atoms with Crippen LogP contribution < -0.4 is 10.6 Å². The van der Waals surface area contributed by atoms with Crippen molar-refractivity contribution in [3.63, 3.8) is 0 Å². The Hall–Kier alpha value is -1.55. The molecule has 2 N–H and O–H groups in total. The van der Waals surface area contributed by atoms with E-state index in [0.717, 1.165) is 18.8 Å². The van der Waals surface area contributed by atoms with Crippen LogP contribution in [-0.2, 0) is 4.79 Å². The van der Waals surface area contributed by atoms with Gasteiger partial charge < -0.3 is 15.5 Å². The number of hydrogen-bond donors (Lipinski definition) is 1. The zero-order valence-electron chi connectivity index (χ0n) is 11.7. The lowest BCUT2D eigenvalue weighted by Gasteiger charge is -2.32. The average molecular weight is 261 g/mol. The summed E-state index contributed by atoms with van der Waals surface area (Å²) in [4.78, 5) is 16.5.